The molecule has 1 aromatic carbocycles. The zero-order valence-electron chi connectivity index (χ0n) is 18.9. The smallest absolute Gasteiger partial charge is 0.232 e. The van der Waals surface area contributed by atoms with Gasteiger partial charge in [-0.05, 0) is 50.8 Å². The Morgan fingerprint density at radius 2 is 2.00 bits per heavy atom. The molecule has 0 unspecified atom stereocenters. The van der Waals surface area contributed by atoms with Crippen LogP contribution >= 0.6 is 11.6 Å². The van der Waals surface area contributed by atoms with Crippen molar-refractivity contribution in [1.82, 2.24) is 9.88 Å². The number of nitrogens with two attached hydrogens (primary N) is 1. The molecule has 0 saturated heterocycles. The number of pyridine rings is 1. The molecular weight excluding hydrogens is 426 g/mol. The molecule has 8 heteroatoms. The number of carbonyl (C=O) groups excluding carboxylic acids is 1. The molecule has 1 aliphatic carbocycles. The number of amides is 1. The van der Waals surface area contributed by atoms with E-state index in [1.807, 2.05) is 58.0 Å². The summed E-state index contributed by atoms with van der Waals surface area (Å²) in [4.78, 5) is 23.7. The Morgan fingerprint density at radius 1 is 1.28 bits per heavy atom. The number of hydrogen-bond donors (Lipinski definition) is 3. The summed E-state index contributed by atoms with van der Waals surface area (Å²) < 4.78 is 0. The molecule has 2 aromatic rings. The van der Waals surface area contributed by atoms with Crippen molar-refractivity contribution in [2.75, 3.05) is 5.32 Å². The summed E-state index contributed by atoms with van der Waals surface area (Å²) in [5.41, 5.74) is 7.84. The highest BCUT2D eigenvalue weighted by Gasteiger charge is 2.51. The van der Waals surface area contributed by atoms with Crippen LogP contribution in [0.2, 0.25) is 5.02 Å². The van der Waals surface area contributed by atoms with Crippen LogP contribution in [0.4, 0.5) is 11.4 Å². The van der Waals surface area contributed by atoms with Gasteiger partial charge in [-0.2, -0.15) is 0 Å². The monoisotopic (exact) mass is 455 g/mol. The zero-order chi connectivity index (χ0) is 23.3. The summed E-state index contributed by atoms with van der Waals surface area (Å²) in [5.74, 6) is 0.199. The molecule has 2 heterocycles. The van der Waals surface area contributed by atoms with Crippen LogP contribution in [-0.2, 0) is 10.3 Å². The van der Waals surface area contributed by atoms with Crippen LogP contribution in [0.25, 0.3) is 0 Å². The maximum absolute atomic E-state index is 13.1. The summed E-state index contributed by atoms with van der Waals surface area (Å²) in [6, 6.07) is 9.36. The van der Waals surface area contributed by atoms with Gasteiger partial charge in [0.1, 0.15) is 0 Å². The van der Waals surface area contributed by atoms with Crippen LogP contribution in [-0.4, -0.2) is 38.5 Å². The van der Waals surface area contributed by atoms with Gasteiger partial charge in [-0.15, -0.1) is 0 Å². The Morgan fingerprint density at radius 3 is 2.59 bits per heavy atom. The van der Waals surface area contributed by atoms with E-state index in [-0.39, 0.29) is 30.2 Å². The standard InChI is InChI=1S/C24H30ClN5O2/c1-14(2)24(32)10-17(11-24)30-20(31)12-23(4,29-22(30)26)18-6-5-7-19(21(18)25)28-16-9-8-15(3)27-13-16/h5-9,13-14,17,28,32H,10-12H2,1-4H3,(H2,26,29)/t17?,23-,24?/m0/s1. The third kappa shape index (κ3) is 3.95. The normalized spacial score (nSPS) is 27.8. The molecule has 0 radical (unpaired) electrons. The molecule has 32 heavy (non-hydrogen) atoms. The molecule has 4 rings (SSSR count). The van der Waals surface area contributed by atoms with Crippen molar-refractivity contribution in [3.05, 3.63) is 52.8 Å². The molecule has 1 amide bonds. The second-order valence-electron chi connectivity index (χ2n) is 9.49. The van der Waals surface area contributed by atoms with Gasteiger partial charge < -0.3 is 16.2 Å². The van der Waals surface area contributed by atoms with Crippen molar-refractivity contribution < 1.29 is 9.90 Å². The number of nitrogens with one attached hydrogen (secondary N) is 1. The predicted molar refractivity (Wildman–Crippen MR) is 127 cm³/mol. The third-order valence-corrected chi connectivity index (χ3v) is 7.17. The van der Waals surface area contributed by atoms with E-state index in [4.69, 9.17) is 22.3 Å². The fourth-order valence-corrected chi connectivity index (χ4v) is 4.93. The minimum atomic E-state index is -0.879. The molecule has 0 bridgehead atoms. The van der Waals surface area contributed by atoms with Gasteiger partial charge in [-0.25, -0.2) is 4.99 Å². The number of aryl methyl sites for hydroxylation is 1. The fourth-order valence-electron chi connectivity index (χ4n) is 4.55. The minimum absolute atomic E-state index is 0.104. The second-order valence-corrected chi connectivity index (χ2v) is 9.86. The number of carbonyl (C=O) groups is 1. The number of anilines is 2. The van der Waals surface area contributed by atoms with Crippen LogP contribution in [0.15, 0.2) is 41.5 Å². The van der Waals surface area contributed by atoms with E-state index in [1.54, 1.807) is 11.1 Å². The first-order valence-corrected chi connectivity index (χ1v) is 11.3. The summed E-state index contributed by atoms with van der Waals surface area (Å²) in [7, 11) is 0. The average Bonchev–Trinajstić information content (AvgIpc) is 2.68. The predicted octanol–water partition coefficient (Wildman–Crippen LogP) is 4.10. The van der Waals surface area contributed by atoms with Gasteiger partial charge in [0.2, 0.25) is 5.91 Å². The largest absolute Gasteiger partial charge is 0.389 e. The molecule has 0 spiro atoms. The van der Waals surface area contributed by atoms with Gasteiger partial charge in [0.15, 0.2) is 5.96 Å². The van der Waals surface area contributed by atoms with Gasteiger partial charge in [0, 0.05) is 17.3 Å². The number of aliphatic hydroxyl groups is 1. The number of hydrogen-bond acceptors (Lipinski definition) is 6. The number of nitrogens with zero attached hydrogens (tertiary/aromatic N) is 3. The number of rotatable bonds is 5. The van der Waals surface area contributed by atoms with Crippen molar-refractivity contribution in [3.8, 4) is 0 Å². The molecule has 1 fully saturated rings. The molecule has 1 saturated carbocycles. The maximum Gasteiger partial charge on any atom is 0.232 e. The molecule has 1 aromatic heterocycles. The van der Waals surface area contributed by atoms with Gasteiger partial charge in [0.05, 0.1) is 40.2 Å². The van der Waals surface area contributed by atoms with Crippen LogP contribution in [0, 0.1) is 12.8 Å². The molecule has 1 atom stereocenters. The minimum Gasteiger partial charge on any atom is -0.389 e. The number of guanidine groups is 1. The van der Waals surface area contributed by atoms with Gasteiger partial charge >= 0.3 is 0 Å². The second kappa shape index (κ2) is 8.05. The quantitative estimate of drug-likeness (QED) is 0.629. The Hall–Kier alpha value is -2.64. The highest BCUT2D eigenvalue weighted by molar-refractivity contribution is 6.34. The highest BCUT2D eigenvalue weighted by atomic mass is 35.5. The van der Waals surface area contributed by atoms with E-state index in [1.165, 1.54) is 0 Å². The Bertz CT molecular complexity index is 1060. The van der Waals surface area contributed by atoms with E-state index in [2.05, 4.69) is 10.3 Å². The molecule has 1 aliphatic heterocycles. The number of aromatic nitrogens is 1. The van der Waals surface area contributed by atoms with Crippen molar-refractivity contribution in [1.29, 1.82) is 0 Å². The van der Waals surface area contributed by atoms with Crippen molar-refractivity contribution in [2.45, 2.75) is 64.1 Å². The lowest BCUT2D eigenvalue weighted by Gasteiger charge is -2.51. The fraction of sp³-hybridized carbons (Fsp3) is 0.458. The highest BCUT2D eigenvalue weighted by Crippen LogP contribution is 2.45. The van der Waals surface area contributed by atoms with Gasteiger partial charge in [-0.1, -0.05) is 37.6 Å². The maximum atomic E-state index is 13.1. The van der Waals surface area contributed by atoms with E-state index in [0.717, 1.165) is 16.9 Å². The molecule has 7 nitrogen and oxygen atoms in total. The Labute approximate surface area is 193 Å². The van der Waals surface area contributed by atoms with Crippen molar-refractivity contribution in [3.63, 3.8) is 0 Å². The Kier molecular flexibility index (Phi) is 5.67. The molecule has 2 aliphatic rings. The summed E-state index contributed by atoms with van der Waals surface area (Å²) >= 11 is 6.77. The molecule has 4 N–H and O–H groups in total. The summed E-state index contributed by atoms with van der Waals surface area (Å²) in [5, 5.41) is 14.4. The number of benzene rings is 1. The van der Waals surface area contributed by atoms with Crippen LogP contribution in [0.3, 0.4) is 0 Å². The third-order valence-electron chi connectivity index (χ3n) is 6.76. The van der Waals surface area contributed by atoms with Crippen molar-refractivity contribution in [2.24, 2.45) is 16.6 Å². The van der Waals surface area contributed by atoms with Crippen LogP contribution < -0.4 is 11.1 Å². The summed E-state index contributed by atoms with van der Waals surface area (Å²) in [6.45, 7) is 7.77. The van der Waals surface area contributed by atoms with Crippen molar-refractivity contribution >= 4 is 34.8 Å². The lowest BCUT2D eigenvalue weighted by molar-refractivity contribution is -0.145. The van der Waals surface area contributed by atoms with Crippen LogP contribution in [0.1, 0.15) is 51.3 Å². The van der Waals surface area contributed by atoms with Gasteiger partial charge in [-0.3, -0.25) is 14.7 Å². The van der Waals surface area contributed by atoms with Gasteiger partial charge in [0.25, 0.3) is 0 Å². The van der Waals surface area contributed by atoms with Crippen LogP contribution in [0.5, 0.6) is 0 Å². The van der Waals surface area contributed by atoms with E-state index in [0.29, 0.717) is 23.6 Å². The Balaban J connectivity index is 1.59. The first kappa shape index (κ1) is 22.6. The summed E-state index contributed by atoms with van der Waals surface area (Å²) in [6.07, 6.45) is 2.91. The lowest BCUT2D eigenvalue weighted by atomic mass is 9.68. The first-order valence-electron chi connectivity index (χ1n) is 10.9. The molecule has 170 valence electrons. The average molecular weight is 456 g/mol. The van der Waals surface area contributed by atoms with E-state index < -0.39 is 11.1 Å². The molecular formula is C24H30ClN5O2. The number of aliphatic imine (C=N–C) groups is 1. The first-order chi connectivity index (χ1) is 15.0. The van der Waals surface area contributed by atoms with E-state index in [9.17, 15) is 9.90 Å². The zero-order valence-corrected chi connectivity index (χ0v) is 19.6. The number of halogens is 1. The lowest BCUT2D eigenvalue weighted by Crippen LogP contribution is -2.63. The SMILES string of the molecule is Cc1ccc(Nc2cccc([C@]3(C)CC(=O)N(C4CC(O)(C(C)C)C4)C(N)=N3)c2Cl)cn1. The topological polar surface area (TPSA) is 104 Å². The van der Waals surface area contributed by atoms with E-state index >= 15 is 0 Å².